The van der Waals surface area contributed by atoms with Crippen LogP contribution in [-0.2, 0) is 12.8 Å². The first-order chi connectivity index (χ1) is 22.8. The van der Waals surface area contributed by atoms with Crippen molar-refractivity contribution in [1.29, 1.82) is 0 Å². The molecular formula is C42H30N4. The molecule has 1 aliphatic carbocycles. The van der Waals surface area contributed by atoms with E-state index in [0.717, 1.165) is 12.8 Å². The van der Waals surface area contributed by atoms with Gasteiger partial charge in [0.05, 0.1) is 16.6 Å². The summed E-state index contributed by atoms with van der Waals surface area (Å²) in [6.45, 7) is 0. The van der Waals surface area contributed by atoms with E-state index in [4.69, 9.17) is 0 Å². The summed E-state index contributed by atoms with van der Waals surface area (Å²) in [4.78, 5) is 7.25. The van der Waals surface area contributed by atoms with Crippen molar-refractivity contribution in [3.05, 3.63) is 133 Å². The molecule has 4 aromatic heterocycles. The quantitative estimate of drug-likeness (QED) is 0.201. The van der Waals surface area contributed by atoms with Crippen LogP contribution in [0.1, 0.15) is 24.1 Å². The monoisotopic (exact) mass is 590 g/mol. The van der Waals surface area contributed by atoms with Gasteiger partial charge in [-0.15, -0.1) is 0 Å². The van der Waals surface area contributed by atoms with Gasteiger partial charge in [-0.2, -0.15) is 0 Å². The third-order valence-corrected chi connectivity index (χ3v) is 10.6. The maximum atomic E-state index is 3.62. The number of nitrogens with zero attached hydrogens (tertiary/aromatic N) is 2. The number of H-pyrrole nitrogens is 2. The third kappa shape index (κ3) is 3.18. The van der Waals surface area contributed by atoms with Gasteiger partial charge in [0.1, 0.15) is 0 Å². The minimum atomic E-state index is 1.10. The number of nitrogens with one attached hydrogen (secondary N) is 2. The van der Waals surface area contributed by atoms with Crippen molar-refractivity contribution in [1.82, 2.24) is 19.1 Å². The first-order valence-corrected chi connectivity index (χ1v) is 16.4. The molecule has 0 amide bonds. The SMILES string of the molecule is c1ccc2c(c1)[nH]c1ccc(-n3c4c(c5c3ccc3c6ccccc6n(-c6ccc7[nH]c8ccccc8c7c6)c35)CCCC4)cc12. The number of hydrogen-bond acceptors (Lipinski definition) is 0. The van der Waals surface area contributed by atoms with Crippen molar-refractivity contribution in [2.24, 2.45) is 0 Å². The van der Waals surface area contributed by atoms with Crippen LogP contribution in [0.25, 0.3) is 87.7 Å². The molecule has 2 N–H and O–H groups in total. The summed E-state index contributed by atoms with van der Waals surface area (Å²) >= 11 is 0. The van der Waals surface area contributed by atoms with Gasteiger partial charge in [-0.25, -0.2) is 0 Å². The molecule has 0 unspecified atom stereocenters. The van der Waals surface area contributed by atoms with E-state index in [2.05, 4.69) is 140 Å². The van der Waals surface area contributed by atoms with Gasteiger partial charge in [0.15, 0.2) is 0 Å². The lowest BCUT2D eigenvalue weighted by Crippen LogP contribution is -2.06. The van der Waals surface area contributed by atoms with E-state index in [1.807, 2.05) is 0 Å². The standard InChI is InChI=1S/C42H30N4/c1-5-13-34-27(9-1)32-23-25(17-20-36(32)43-34)45-39-16-8-4-12-31(39)41-40(45)22-19-30-29-11-3-7-15-38(29)46(42(30)41)26-18-21-37-33(24-26)28-10-2-6-14-35(28)44-37/h1-3,5-7,9-11,13-15,17-24,43-44H,4,8,12,16H2. The van der Waals surface area contributed by atoms with Gasteiger partial charge in [-0.05, 0) is 91.9 Å². The second kappa shape index (κ2) is 8.92. The summed E-state index contributed by atoms with van der Waals surface area (Å²) in [6, 6.07) is 44.8. The van der Waals surface area contributed by atoms with E-state index in [1.165, 1.54) is 112 Å². The highest BCUT2D eigenvalue weighted by Gasteiger charge is 2.26. The largest absolute Gasteiger partial charge is 0.355 e. The molecule has 4 nitrogen and oxygen atoms in total. The zero-order valence-corrected chi connectivity index (χ0v) is 25.3. The Morgan fingerprint density at radius 2 is 1.02 bits per heavy atom. The van der Waals surface area contributed by atoms with Crippen LogP contribution in [0.15, 0.2) is 121 Å². The highest BCUT2D eigenvalue weighted by atomic mass is 15.0. The first kappa shape index (κ1) is 24.6. The average Bonchev–Trinajstić information content (AvgIpc) is 3.85. The molecule has 0 fully saturated rings. The molecule has 6 aromatic carbocycles. The Hall–Kier alpha value is -5.74. The number of benzene rings is 6. The van der Waals surface area contributed by atoms with Crippen LogP contribution in [0.3, 0.4) is 0 Å². The predicted octanol–water partition coefficient (Wildman–Crippen LogP) is 10.9. The van der Waals surface area contributed by atoms with Crippen LogP contribution >= 0.6 is 0 Å². The molecule has 0 spiro atoms. The average molecular weight is 591 g/mol. The zero-order chi connectivity index (χ0) is 29.9. The predicted molar refractivity (Wildman–Crippen MR) is 193 cm³/mol. The van der Waals surface area contributed by atoms with Crippen molar-refractivity contribution in [2.45, 2.75) is 25.7 Å². The molecule has 1 aliphatic rings. The van der Waals surface area contributed by atoms with E-state index in [0.29, 0.717) is 0 Å². The van der Waals surface area contributed by atoms with E-state index >= 15 is 0 Å². The van der Waals surface area contributed by atoms with E-state index in [9.17, 15) is 0 Å². The molecule has 0 aliphatic heterocycles. The van der Waals surface area contributed by atoms with Gasteiger partial charge < -0.3 is 19.1 Å². The lowest BCUT2D eigenvalue weighted by Gasteiger charge is -2.16. The molecule has 4 heterocycles. The molecule has 11 rings (SSSR count). The topological polar surface area (TPSA) is 41.4 Å². The van der Waals surface area contributed by atoms with Crippen molar-refractivity contribution < 1.29 is 0 Å². The van der Waals surface area contributed by atoms with Gasteiger partial charge >= 0.3 is 0 Å². The Balaban J connectivity index is 1.26. The van der Waals surface area contributed by atoms with Crippen LogP contribution in [0.4, 0.5) is 0 Å². The molecule has 0 bridgehead atoms. The molecule has 4 heteroatoms. The van der Waals surface area contributed by atoms with E-state index in [-0.39, 0.29) is 0 Å². The minimum absolute atomic E-state index is 1.10. The Labute approximate surface area is 264 Å². The minimum Gasteiger partial charge on any atom is -0.355 e. The summed E-state index contributed by atoms with van der Waals surface area (Å²) in [5.41, 5.74) is 14.0. The lowest BCUT2D eigenvalue weighted by atomic mass is 9.94. The van der Waals surface area contributed by atoms with Crippen molar-refractivity contribution in [3.8, 4) is 11.4 Å². The van der Waals surface area contributed by atoms with Crippen LogP contribution in [0, 0.1) is 0 Å². The van der Waals surface area contributed by atoms with Crippen LogP contribution < -0.4 is 0 Å². The van der Waals surface area contributed by atoms with Gasteiger partial charge in [0.2, 0.25) is 0 Å². The first-order valence-electron chi connectivity index (χ1n) is 16.4. The Morgan fingerprint density at radius 3 is 1.74 bits per heavy atom. The molecule has 0 radical (unpaired) electrons. The second-order valence-corrected chi connectivity index (χ2v) is 13.0. The highest BCUT2D eigenvalue weighted by molar-refractivity contribution is 6.20. The Bertz CT molecular complexity index is 2870. The highest BCUT2D eigenvalue weighted by Crippen LogP contribution is 2.44. The molecule has 46 heavy (non-hydrogen) atoms. The van der Waals surface area contributed by atoms with Crippen molar-refractivity contribution in [3.63, 3.8) is 0 Å². The molecule has 10 aromatic rings. The van der Waals surface area contributed by atoms with Crippen molar-refractivity contribution >= 4 is 76.3 Å². The number of aromatic amines is 2. The fourth-order valence-corrected chi connectivity index (χ4v) is 8.60. The smallest absolute Gasteiger partial charge is 0.0637 e. The Kier molecular flexibility index (Phi) is 4.76. The zero-order valence-electron chi connectivity index (χ0n) is 25.3. The van der Waals surface area contributed by atoms with Crippen LogP contribution in [0.5, 0.6) is 0 Å². The van der Waals surface area contributed by atoms with E-state index < -0.39 is 0 Å². The maximum absolute atomic E-state index is 3.62. The van der Waals surface area contributed by atoms with Gasteiger partial charge in [0.25, 0.3) is 0 Å². The summed E-state index contributed by atoms with van der Waals surface area (Å²) in [7, 11) is 0. The van der Waals surface area contributed by atoms with Gasteiger partial charge in [0, 0.05) is 76.8 Å². The number of aryl methyl sites for hydroxylation is 1. The number of hydrogen-bond donors (Lipinski definition) is 2. The van der Waals surface area contributed by atoms with Crippen LogP contribution in [-0.4, -0.2) is 19.1 Å². The summed E-state index contributed by atoms with van der Waals surface area (Å²) in [6.07, 6.45) is 4.66. The Morgan fingerprint density at radius 1 is 0.435 bits per heavy atom. The lowest BCUT2D eigenvalue weighted by molar-refractivity contribution is 0.667. The molecule has 218 valence electrons. The van der Waals surface area contributed by atoms with Crippen molar-refractivity contribution in [2.75, 3.05) is 0 Å². The summed E-state index contributed by atoms with van der Waals surface area (Å²) < 4.78 is 5.12. The molecule has 0 atom stereocenters. The third-order valence-electron chi connectivity index (χ3n) is 10.6. The maximum Gasteiger partial charge on any atom is 0.0637 e. The molecular weight excluding hydrogens is 560 g/mol. The van der Waals surface area contributed by atoms with Gasteiger partial charge in [-0.1, -0.05) is 60.7 Å². The normalized spacial score (nSPS) is 13.7. The molecule has 0 saturated heterocycles. The van der Waals surface area contributed by atoms with E-state index in [1.54, 1.807) is 0 Å². The summed E-state index contributed by atoms with van der Waals surface area (Å²) in [5.74, 6) is 0. The van der Waals surface area contributed by atoms with Crippen LogP contribution in [0.2, 0.25) is 0 Å². The number of para-hydroxylation sites is 3. The second-order valence-electron chi connectivity index (χ2n) is 13.0. The number of rotatable bonds is 2. The fraction of sp³-hybridized carbons (Fsp3) is 0.0952. The number of fused-ring (bicyclic) bond motifs is 13. The molecule has 0 saturated carbocycles. The summed E-state index contributed by atoms with van der Waals surface area (Å²) in [5, 5.41) is 9.11. The number of aromatic nitrogens is 4. The fourth-order valence-electron chi connectivity index (χ4n) is 8.60. The van der Waals surface area contributed by atoms with Gasteiger partial charge in [-0.3, -0.25) is 0 Å².